The Morgan fingerprint density at radius 1 is 1.08 bits per heavy atom. The molecule has 9 heteroatoms. The molecule has 0 amide bonds. The molecule has 0 heterocycles. The van der Waals surface area contributed by atoms with E-state index < -0.39 is 16.0 Å². The quantitative estimate of drug-likeness (QED) is 0.643. The highest BCUT2D eigenvalue weighted by Crippen LogP contribution is 2.36. The summed E-state index contributed by atoms with van der Waals surface area (Å²) in [5.41, 5.74) is 0.295. The molecule has 0 bridgehead atoms. The number of halogens is 1. The van der Waals surface area contributed by atoms with Gasteiger partial charge in [-0.15, -0.1) is 0 Å². The second-order valence-electron chi connectivity index (χ2n) is 5.08. The molecule has 26 heavy (non-hydrogen) atoms. The number of aromatic carboxylic acids is 1. The van der Waals surface area contributed by atoms with Crippen molar-refractivity contribution < 1.29 is 27.8 Å². The maximum atomic E-state index is 12.8. The first-order valence-electron chi connectivity index (χ1n) is 7.73. The molecule has 0 aliphatic carbocycles. The van der Waals surface area contributed by atoms with E-state index in [4.69, 9.17) is 14.6 Å². The summed E-state index contributed by atoms with van der Waals surface area (Å²) in [7, 11) is -3.98. The number of sulfonamides is 1. The van der Waals surface area contributed by atoms with Crippen molar-refractivity contribution in [2.24, 2.45) is 0 Å². The molecule has 0 radical (unpaired) electrons. The van der Waals surface area contributed by atoms with Gasteiger partial charge in [0.2, 0.25) is 0 Å². The number of hydrogen-bond acceptors (Lipinski definition) is 5. The van der Waals surface area contributed by atoms with Gasteiger partial charge in [0.05, 0.1) is 23.2 Å². The number of ether oxygens (including phenoxy) is 2. The molecule has 0 unspecified atom stereocenters. The van der Waals surface area contributed by atoms with Crippen LogP contribution < -0.4 is 14.2 Å². The number of rotatable bonds is 8. The monoisotopic (exact) mass is 443 g/mol. The average Bonchev–Trinajstić information content (AvgIpc) is 2.57. The standard InChI is InChI=1S/C17H18BrNO6S/c1-3-24-14-10-16(15(25-4-2)9-13(14)18)26(22,23)19-12-7-5-11(6-8-12)17(20)21/h5-10,19H,3-4H2,1-2H3,(H,20,21). The Bertz CT molecular complexity index is 896. The number of anilines is 1. The smallest absolute Gasteiger partial charge is 0.335 e. The topological polar surface area (TPSA) is 102 Å². The van der Waals surface area contributed by atoms with Crippen molar-refractivity contribution in [1.29, 1.82) is 0 Å². The third-order valence-corrected chi connectivity index (χ3v) is 5.29. The van der Waals surface area contributed by atoms with Crippen molar-refractivity contribution in [2.75, 3.05) is 17.9 Å². The molecule has 0 aliphatic heterocycles. The Morgan fingerprint density at radius 2 is 1.65 bits per heavy atom. The summed E-state index contributed by atoms with van der Waals surface area (Å²) in [6, 6.07) is 8.31. The zero-order chi connectivity index (χ0) is 19.3. The van der Waals surface area contributed by atoms with E-state index in [2.05, 4.69) is 20.7 Å². The Balaban J connectivity index is 2.42. The van der Waals surface area contributed by atoms with Crippen molar-refractivity contribution in [3.05, 3.63) is 46.4 Å². The number of benzene rings is 2. The number of carboxylic acids is 1. The van der Waals surface area contributed by atoms with Crippen LogP contribution in [0.2, 0.25) is 0 Å². The van der Waals surface area contributed by atoms with Gasteiger partial charge < -0.3 is 14.6 Å². The highest BCUT2D eigenvalue weighted by atomic mass is 79.9. The van der Waals surface area contributed by atoms with Crippen LogP contribution in [0, 0.1) is 0 Å². The fourth-order valence-electron chi connectivity index (χ4n) is 2.15. The first-order chi connectivity index (χ1) is 12.3. The van der Waals surface area contributed by atoms with Crippen LogP contribution >= 0.6 is 15.9 Å². The minimum Gasteiger partial charge on any atom is -0.493 e. The lowest BCUT2D eigenvalue weighted by Crippen LogP contribution is -2.15. The molecule has 0 aliphatic rings. The van der Waals surface area contributed by atoms with Crippen molar-refractivity contribution in [2.45, 2.75) is 18.7 Å². The van der Waals surface area contributed by atoms with Gasteiger partial charge >= 0.3 is 5.97 Å². The SMILES string of the molecule is CCOc1cc(S(=O)(=O)Nc2ccc(C(=O)O)cc2)c(OCC)cc1Br. The van der Waals surface area contributed by atoms with Gasteiger partial charge in [-0.3, -0.25) is 4.72 Å². The first kappa shape index (κ1) is 20.1. The second kappa shape index (κ2) is 8.41. The average molecular weight is 444 g/mol. The van der Waals surface area contributed by atoms with Gasteiger partial charge in [-0.2, -0.15) is 0 Å². The lowest BCUT2D eigenvalue weighted by atomic mass is 10.2. The molecule has 0 aromatic heterocycles. The van der Waals surface area contributed by atoms with E-state index in [1.807, 2.05) is 0 Å². The molecule has 2 N–H and O–H groups in total. The molecule has 0 saturated carbocycles. The Kier molecular flexibility index (Phi) is 6.49. The normalized spacial score (nSPS) is 11.0. The van der Waals surface area contributed by atoms with Gasteiger partial charge in [-0.1, -0.05) is 0 Å². The molecule has 140 valence electrons. The molecule has 2 aromatic carbocycles. The van der Waals surface area contributed by atoms with Gasteiger partial charge in [0.15, 0.2) is 0 Å². The van der Waals surface area contributed by atoms with Crippen LogP contribution in [0.5, 0.6) is 11.5 Å². The highest BCUT2D eigenvalue weighted by Gasteiger charge is 2.23. The van der Waals surface area contributed by atoms with Gasteiger partial charge in [0, 0.05) is 11.8 Å². The fraction of sp³-hybridized carbons (Fsp3) is 0.235. The summed E-state index contributed by atoms with van der Waals surface area (Å²) < 4.78 is 39.5. The third kappa shape index (κ3) is 4.67. The van der Waals surface area contributed by atoms with Crippen LogP contribution in [0.3, 0.4) is 0 Å². The molecule has 0 saturated heterocycles. The van der Waals surface area contributed by atoms with Gasteiger partial charge in [0.25, 0.3) is 10.0 Å². The second-order valence-corrected chi connectivity index (χ2v) is 7.59. The highest BCUT2D eigenvalue weighted by molar-refractivity contribution is 9.10. The lowest BCUT2D eigenvalue weighted by Gasteiger charge is -2.15. The molecule has 2 rings (SSSR count). The fourth-order valence-corrected chi connectivity index (χ4v) is 3.79. The van der Waals surface area contributed by atoms with Crippen molar-refractivity contribution >= 4 is 37.6 Å². The van der Waals surface area contributed by atoms with Crippen LogP contribution in [0.1, 0.15) is 24.2 Å². The summed E-state index contributed by atoms with van der Waals surface area (Å²) in [5, 5.41) is 8.92. The molecule has 0 spiro atoms. The molecular formula is C17H18BrNO6S. The lowest BCUT2D eigenvalue weighted by molar-refractivity contribution is 0.0697. The molecule has 0 atom stereocenters. The van der Waals surface area contributed by atoms with E-state index in [9.17, 15) is 13.2 Å². The summed E-state index contributed by atoms with van der Waals surface area (Å²) in [4.78, 5) is 10.8. The minimum absolute atomic E-state index is 0.0604. The summed E-state index contributed by atoms with van der Waals surface area (Å²) >= 11 is 3.33. The van der Waals surface area contributed by atoms with E-state index >= 15 is 0 Å². The van der Waals surface area contributed by atoms with Crippen LogP contribution in [0.15, 0.2) is 45.8 Å². The summed E-state index contributed by atoms with van der Waals surface area (Å²) in [6.07, 6.45) is 0. The Hall–Kier alpha value is -2.26. The Labute approximate surface area is 160 Å². The van der Waals surface area contributed by atoms with Gasteiger partial charge in [-0.25, -0.2) is 13.2 Å². The summed E-state index contributed by atoms with van der Waals surface area (Å²) in [5.74, 6) is -0.539. The number of nitrogens with one attached hydrogen (secondary N) is 1. The summed E-state index contributed by atoms with van der Waals surface area (Å²) in [6.45, 7) is 4.20. The van der Waals surface area contributed by atoms with Crippen molar-refractivity contribution in [3.63, 3.8) is 0 Å². The molecule has 2 aromatic rings. The van der Waals surface area contributed by atoms with E-state index in [1.54, 1.807) is 13.8 Å². The third-order valence-electron chi connectivity index (χ3n) is 3.27. The van der Waals surface area contributed by atoms with Crippen LogP contribution in [-0.4, -0.2) is 32.7 Å². The van der Waals surface area contributed by atoms with Crippen LogP contribution in [0.4, 0.5) is 5.69 Å². The molecule has 7 nitrogen and oxygen atoms in total. The predicted molar refractivity (Wildman–Crippen MR) is 101 cm³/mol. The van der Waals surface area contributed by atoms with E-state index in [0.29, 0.717) is 16.8 Å². The van der Waals surface area contributed by atoms with Crippen LogP contribution in [0.25, 0.3) is 0 Å². The van der Waals surface area contributed by atoms with Gasteiger partial charge in [0.1, 0.15) is 16.4 Å². The number of carboxylic acid groups (broad SMARTS) is 1. The zero-order valence-corrected chi connectivity index (χ0v) is 16.6. The maximum Gasteiger partial charge on any atom is 0.335 e. The predicted octanol–water partition coefficient (Wildman–Crippen LogP) is 3.75. The van der Waals surface area contributed by atoms with Gasteiger partial charge in [-0.05, 0) is 60.1 Å². The van der Waals surface area contributed by atoms with E-state index in [1.165, 1.54) is 36.4 Å². The Morgan fingerprint density at radius 3 is 2.19 bits per heavy atom. The molecule has 0 fully saturated rings. The number of carbonyl (C=O) groups is 1. The van der Waals surface area contributed by atoms with Crippen molar-refractivity contribution in [1.82, 2.24) is 0 Å². The maximum absolute atomic E-state index is 12.8. The molecular weight excluding hydrogens is 426 g/mol. The number of hydrogen-bond donors (Lipinski definition) is 2. The van der Waals surface area contributed by atoms with E-state index in [-0.39, 0.29) is 28.5 Å². The van der Waals surface area contributed by atoms with Crippen LogP contribution in [-0.2, 0) is 10.0 Å². The first-order valence-corrected chi connectivity index (χ1v) is 10.0. The zero-order valence-electron chi connectivity index (χ0n) is 14.2. The van der Waals surface area contributed by atoms with E-state index in [0.717, 1.165) is 0 Å². The van der Waals surface area contributed by atoms with Crippen molar-refractivity contribution in [3.8, 4) is 11.5 Å². The minimum atomic E-state index is -3.98. The largest absolute Gasteiger partial charge is 0.493 e.